The number of aliphatic imine (C=N–C) groups is 1. The van der Waals surface area contributed by atoms with Crippen molar-refractivity contribution >= 4 is 41.9 Å². The van der Waals surface area contributed by atoms with Crippen molar-refractivity contribution in [2.75, 3.05) is 40.3 Å². The van der Waals surface area contributed by atoms with Crippen LogP contribution in [0.5, 0.6) is 0 Å². The molecule has 0 aromatic heterocycles. The summed E-state index contributed by atoms with van der Waals surface area (Å²) in [5, 5.41) is 8.65. The van der Waals surface area contributed by atoms with Crippen molar-refractivity contribution in [2.24, 2.45) is 4.99 Å². The predicted molar refractivity (Wildman–Crippen MR) is 107 cm³/mol. The van der Waals surface area contributed by atoms with Gasteiger partial charge in [-0.15, -0.1) is 30.6 Å². The summed E-state index contributed by atoms with van der Waals surface area (Å²) in [5.41, 5.74) is -0.526. The molecule has 0 aliphatic carbocycles. The van der Waals surface area contributed by atoms with Gasteiger partial charge in [-0.05, 0) is 20.8 Å². The SMILES string of the molecule is C=CCNC(=NCC(=O)N(C)C)NCCNC(=O)OC(C)(C)C.I. The Bertz CT molecular complexity index is 433. The molecule has 0 spiro atoms. The van der Waals surface area contributed by atoms with Crippen LogP contribution in [0.1, 0.15) is 20.8 Å². The number of hydrogen-bond acceptors (Lipinski definition) is 4. The van der Waals surface area contributed by atoms with E-state index < -0.39 is 11.7 Å². The third-order valence-corrected chi connectivity index (χ3v) is 2.37. The molecule has 9 heteroatoms. The molecule has 8 nitrogen and oxygen atoms in total. The second-order valence-corrected chi connectivity index (χ2v) is 5.98. The minimum Gasteiger partial charge on any atom is -0.444 e. The normalized spacial score (nSPS) is 11.0. The Kier molecular flexibility index (Phi) is 13.2. The first kappa shape index (κ1) is 24.7. The maximum absolute atomic E-state index is 11.5. The number of ether oxygens (including phenoxy) is 1. The summed E-state index contributed by atoms with van der Waals surface area (Å²) in [7, 11) is 3.35. The molecule has 0 saturated heterocycles. The van der Waals surface area contributed by atoms with Crippen molar-refractivity contribution in [3.8, 4) is 0 Å². The quantitative estimate of drug-likeness (QED) is 0.175. The van der Waals surface area contributed by atoms with E-state index in [4.69, 9.17) is 4.74 Å². The maximum atomic E-state index is 11.5. The van der Waals surface area contributed by atoms with E-state index in [1.165, 1.54) is 4.90 Å². The number of carbonyl (C=O) groups excluding carboxylic acids is 2. The molecule has 0 heterocycles. The van der Waals surface area contributed by atoms with E-state index in [2.05, 4.69) is 27.5 Å². The van der Waals surface area contributed by atoms with Gasteiger partial charge in [-0.2, -0.15) is 0 Å². The Morgan fingerprint density at radius 3 is 2.25 bits per heavy atom. The number of carbonyl (C=O) groups is 2. The molecule has 0 bridgehead atoms. The largest absolute Gasteiger partial charge is 0.444 e. The van der Waals surface area contributed by atoms with E-state index in [0.29, 0.717) is 25.6 Å². The van der Waals surface area contributed by atoms with Gasteiger partial charge in [-0.25, -0.2) is 9.79 Å². The van der Waals surface area contributed by atoms with Crippen LogP contribution in [0.25, 0.3) is 0 Å². The fraction of sp³-hybridized carbons (Fsp3) is 0.667. The molecule has 24 heavy (non-hydrogen) atoms. The number of rotatable bonds is 7. The van der Waals surface area contributed by atoms with Gasteiger partial charge in [0.2, 0.25) is 5.91 Å². The van der Waals surface area contributed by atoms with Crippen molar-refractivity contribution in [2.45, 2.75) is 26.4 Å². The topological polar surface area (TPSA) is 95.1 Å². The fourth-order valence-electron chi connectivity index (χ4n) is 1.29. The van der Waals surface area contributed by atoms with E-state index in [0.717, 1.165) is 0 Å². The Hall–Kier alpha value is -1.52. The van der Waals surface area contributed by atoms with Crippen molar-refractivity contribution in [1.82, 2.24) is 20.9 Å². The Morgan fingerprint density at radius 2 is 1.75 bits per heavy atom. The summed E-state index contributed by atoms with van der Waals surface area (Å²) in [6.45, 7) is 10.4. The van der Waals surface area contributed by atoms with Gasteiger partial charge in [0.1, 0.15) is 12.1 Å². The van der Waals surface area contributed by atoms with Gasteiger partial charge in [0, 0.05) is 33.7 Å². The van der Waals surface area contributed by atoms with E-state index in [9.17, 15) is 9.59 Å². The van der Waals surface area contributed by atoms with Crippen LogP contribution in [0.2, 0.25) is 0 Å². The number of nitrogens with one attached hydrogen (secondary N) is 3. The number of amides is 2. The average molecular weight is 455 g/mol. The lowest BCUT2D eigenvalue weighted by Gasteiger charge is -2.20. The molecule has 0 fully saturated rings. The summed E-state index contributed by atoms with van der Waals surface area (Å²) in [6.07, 6.45) is 1.21. The molecule has 2 amide bonds. The molecule has 0 saturated carbocycles. The van der Waals surface area contributed by atoms with Crippen molar-refractivity contribution in [3.05, 3.63) is 12.7 Å². The van der Waals surface area contributed by atoms with Gasteiger partial charge < -0.3 is 25.6 Å². The number of guanidine groups is 1. The number of nitrogens with zero attached hydrogens (tertiary/aromatic N) is 2. The third kappa shape index (κ3) is 14.1. The molecule has 0 aromatic rings. The molecule has 140 valence electrons. The highest BCUT2D eigenvalue weighted by Crippen LogP contribution is 2.05. The molecule has 3 N–H and O–H groups in total. The minimum absolute atomic E-state index is 0. The Morgan fingerprint density at radius 1 is 1.17 bits per heavy atom. The highest BCUT2D eigenvalue weighted by molar-refractivity contribution is 14.0. The van der Waals surface area contributed by atoms with Crippen LogP contribution in [0.4, 0.5) is 4.79 Å². The molecule has 0 aliphatic heterocycles. The summed E-state index contributed by atoms with van der Waals surface area (Å²) < 4.78 is 5.13. The third-order valence-electron chi connectivity index (χ3n) is 2.37. The molecule has 0 rings (SSSR count). The van der Waals surface area contributed by atoms with Gasteiger partial charge in [0.25, 0.3) is 0 Å². The number of halogens is 1. The predicted octanol–water partition coefficient (Wildman–Crippen LogP) is 0.938. The van der Waals surface area contributed by atoms with Gasteiger partial charge in [0.05, 0.1) is 0 Å². The molecule has 0 aliphatic rings. The van der Waals surface area contributed by atoms with Crippen LogP contribution in [0, 0.1) is 0 Å². The summed E-state index contributed by atoms with van der Waals surface area (Å²) in [5.74, 6) is 0.377. The van der Waals surface area contributed by atoms with E-state index in [1.807, 2.05) is 0 Å². The Labute approximate surface area is 161 Å². The molecular formula is C15H30IN5O3. The average Bonchev–Trinajstić information content (AvgIpc) is 2.42. The van der Waals surface area contributed by atoms with Gasteiger partial charge in [-0.3, -0.25) is 4.79 Å². The minimum atomic E-state index is -0.526. The molecular weight excluding hydrogens is 425 g/mol. The van der Waals surface area contributed by atoms with Crippen molar-refractivity contribution in [3.63, 3.8) is 0 Å². The highest BCUT2D eigenvalue weighted by Gasteiger charge is 2.15. The van der Waals surface area contributed by atoms with E-state index in [1.54, 1.807) is 40.9 Å². The zero-order chi connectivity index (χ0) is 17.9. The van der Waals surface area contributed by atoms with Crippen LogP contribution in [-0.4, -0.2) is 68.7 Å². The van der Waals surface area contributed by atoms with Gasteiger partial charge in [0.15, 0.2) is 5.96 Å². The lowest BCUT2D eigenvalue weighted by Crippen LogP contribution is -2.43. The van der Waals surface area contributed by atoms with Crippen molar-refractivity contribution in [1.29, 1.82) is 0 Å². The fourth-order valence-corrected chi connectivity index (χ4v) is 1.29. The first-order valence-corrected chi connectivity index (χ1v) is 7.46. The second-order valence-electron chi connectivity index (χ2n) is 5.98. The molecule has 0 atom stereocenters. The van der Waals surface area contributed by atoms with Gasteiger partial charge in [-0.1, -0.05) is 6.08 Å². The van der Waals surface area contributed by atoms with E-state index >= 15 is 0 Å². The molecule has 0 aromatic carbocycles. The van der Waals surface area contributed by atoms with Crippen LogP contribution >= 0.6 is 24.0 Å². The van der Waals surface area contributed by atoms with Gasteiger partial charge >= 0.3 is 6.09 Å². The summed E-state index contributed by atoms with van der Waals surface area (Å²) in [6, 6.07) is 0. The van der Waals surface area contributed by atoms with Crippen LogP contribution < -0.4 is 16.0 Å². The number of likely N-dealkylation sites (N-methyl/N-ethyl adjacent to an activating group) is 1. The van der Waals surface area contributed by atoms with Crippen LogP contribution in [-0.2, 0) is 9.53 Å². The highest BCUT2D eigenvalue weighted by atomic mass is 127. The molecule has 0 unspecified atom stereocenters. The van der Waals surface area contributed by atoms with Crippen LogP contribution in [0.15, 0.2) is 17.6 Å². The first-order valence-electron chi connectivity index (χ1n) is 7.46. The Balaban J connectivity index is 0. The first-order chi connectivity index (χ1) is 10.7. The lowest BCUT2D eigenvalue weighted by molar-refractivity contribution is -0.127. The zero-order valence-electron chi connectivity index (χ0n) is 15.1. The monoisotopic (exact) mass is 455 g/mol. The van der Waals surface area contributed by atoms with E-state index in [-0.39, 0.29) is 36.4 Å². The zero-order valence-corrected chi connectivity index (χ0v) is 17.5. The second kappa shape index (κ2) is 12.8. The summed E-state index contributed by atoms with van der Waals surface area (Å²) >= 11 is 0. The number of alkyl carbamates (subject to hydrolysis) is 1. The lowest BCUT2D eigenvalue weighted by atomic mass is 10.2. The standard InChI is InChI=1S/C15H29N5O3.HI/c1-7-8-16-13(19-11-12(21)20(5)6)17-9-10-18-14(22)23-15(2,3)4;/h7H,1,8-11H2,2-6H3,(H,18,22)(H2,16,17,19);1H. The summed E-state index contributed by atoms with van der Waals surface area (Å²) in [4.78, 5) is 28.7. The smallest absolute Gasteiger partial charge is 0.407 e. The van der Waals surface area contributed by atoms with Crippen molar-refractivity contribution < 1.29 is 14.3 Å². The maximum Gasteiger partial charge on any atom is 0.407 e. The van der Waals surface area contributed by atoms with Crippen LogP contribution in [0.3, 0.4) is 0 Å². The molecule has 0 radical (unpaired) electrons. The number of hydrogen-bond donors (Lipinski definition) is 3.